The van der Waals surface area contributed by atoms with Gasteiger partial charge in [0.2, 0.25) is 0 Å². The van der Waals surface area contributed by atoms with E-state index in [1.165, 1.54) is 4.90 Å². The highest BCUT2D eigenvalue weighted by Gasteiger charge is 2.20. The summed E-state index contributed by atoms with van der Waals surface area (Å²) < 4.78 is 0. The summed E-state index contributed by atoms with van der Waals surface area (Å²) in [6.07, 6.45) is 6.34. The first kappa shape index (κ1) is 17.0. The number of imidazole rings is 1. The second-order valence-corrected chi connectivity index (χ2v) is 6.58. The summed E-state index contributed by atoms with van der Waals surface area (Å²) in [6, 6.07) is 5.94. The third-order valence-corrected chi connectivity index (χ3v) is 4.76. The lowest BCUT2D eigenvalue weighted by Crippen LogP contribution is -2.26. The highest BCUT2D eigenvalue weighted by Crippen LogP contribution is 2.27. The highest BCUT2D eigenvalue weighted by molar-refractivity contribution is 5.78. The Morgan fingerprint density at radius 3 is 2.70 bits per heavy atom. The molecule has 0 saturated carbocycles. The van der Waals surface area contributed by atoms with Crippen molar-refractivity contribution in [2.24, 2.45) is 0 Å². The van der Waals surface area contributed by atoms with Gasteiger partial charge in [-0.2, -0.15) is 0 Å². The lowest BCUT2D eigenvalue weighted by molar-refractivity contribution is 0.158. The van der Waals surface area contributed by atoms with Gasteiger partial charge in [0, 0.05) is 42.9 Å². The molecular formula is C20H19N5O2. The topological polar surface area (TPSA) is 95.0 Å². The van der Waals surface area contributed by atoms with Gasteiger partial charge < -0.3 is 15.0 Å². The van der Waals surface area contributed by atoms with Crippen molar-refractivity contribution in [3.8, 4) is 22.6 Å². The summed E-state index contributed by atoms with van der Waals surface area (Å²) in [5.74, 6) is 0.742. The Morgan fingerprint density at radius 2 is 2.00 bits per heavy atom. The number of H-pyrrole nitrogens is 1. The molecule has 0 spiro atoms. The quantitative estimate of drug-likeness (QED) is 0.744. The molecule has 2 N–H and O–H groups in total. The van der Waals surface area contributed by atoms with Crippen LogP contribution in [0.25, 0.3) is 28.2 Å². The molecule has 0 aromatic carbocycles. The molecule has 0 fully saturated rings. The SMILES string of the molecule is Cc1nc(-c2cc(-c3cncc(C4=CCN(C(=O)O)C4)c3)ccn2)[nH]c1C. The molecule has 27 heavy (non-hydrogen) atoms. The summed E-state index contributed by atoms with van der Waals surface area (Å²) in [7, 11) is 0. The smallest absolute Gasteiger partial charge is 0.407 e. The number of nitrogens with one attached hydrogen (secondary N) is 1. The molecule has 1 amide bonds. The molecule has 0 saturated heterocycles. The minimum Gasteiger partial charge on any atom is -0.465 e. The van der Waals surface area contributed by atoms with E-state index in [0.29, 0.717) is 13.1 Å². The van der Waals surface area contributed by atoms with Crippen molar-refractivity contribution in [1.29, 1.82) is 0 Å². The van der Waals surface area contributed by atoms with Crippen molar-refractivity contribution < 1.29 is 9.90 Å². The van der Waals surface area contributed by atoms with Gasteiger partial charge in [-0.15, -0.1) is 0 Å². The largest absolute Gasteiger partial charge is 0.465 e. The van der Waals surface area contributed by atoms with Crippen LogP contribution in [0, 0.1) is 13.8 Å². The molecule has 0 aliphatic carbocycles. The zero-order valence-electron chi connectivity index (χ0n) is 15.1. The third kappa shape index (κ3) is 3.31. The molecule has 0 radical (unpaired) electrons. The van der Waals surface area contributed by atoms with Gasteiger partial charge in [0.1, 0.15) is 5.69 Å². The number of carbonyl (C=O) groups is 1. The number of aryl methyl sites for hydroxylation is 2. The average Bonchev–Trinajstić information content (AvgIpc) is 3.30. The number of amides is 1. The van der Waals surface area contributed by atoms with Gasteiger partial charge >= 0.3 is 6.09 Å². The number of aromatic amines is 1. The van der Waals surface area contributed by atoms with Crippen LogP contribution in [0.15, 0.2) is 42.9 Å². The maximum atomic E-state index is 11.1. The molecule has 7 nitrogen and oxygen atoms in total. The van der Waals surface area contributed by atoms with Gasteiger partial charge in [-0.3, -0.25) is 9.97 Å². The second kappa shape index (κ2) is 6.68. The van der Waals surface area contributed by atoms with Crippen LogP contribution in [-0.4, -0.2) is 49.1 Å². The fourth-order valence-corrected chi connectivity index (χ4v) is 3.09. The zero-order chi connectivity index (χ0) is 19.0. The number of nitrogens with zero attached hydrogens (tertiary/aromatic N) is 4. The van der Waals surface area contributed by atoms with Crippen molar-refractivity contribution in [2.45, 2.75) is 13.8 Å². The fraction of sp³-hybridized carbons (Fsp3) is 0.200. The standard InChI is InChI=1S/C20H19N5O2/c1-12-13(2)24-19(23-12)18-8-14(3-5-22-18)16-7-17(10-21-9-16)15-4-6-25(11-15)20(26)27/h3-5,7-10H,6,11H2,1-2H3,(H,23,24)(H,26,27). The summed E-state index contributed by atoms with van der Waals surface area (Å²) in [4.78, 5) is 29.0. The zero-order valence-corrected chi connectivity index (χ0v) is 15.1. The van der Waals surface area contributed by atoms with E-state index in [0.717, 1.165) is 45.2 Å². The van der Waals surface area contributed by atoms with Crippen molar-refractivity contribution >= 4 is 11.7 Å². The van der Waals surface area contributed by atoms with Crippen molar-refractivity contribution in [3.05, 3.63) is 59.8 Å². The predicted molar refractivity (Wildman–Crippen MR) is 102 cm³/mol. The number of hydrogen-bond donors (Lipinski definition) is 2. The van der Waals surface area contributed by atoms with E-state index in [1.807, 2.05) is 38.1 Å². The molecule has 4 rings (SSSR count). The Kier molecular flexibility index (Phi) is 4.19. The Bertz CT molecular complexity index is 1030. The van der Waals surface area contributed by atoms with Crippen molar-refractivity contribution in [3.63, 3.8) is 0 Å². The number of pyridine rings is 2. The van der Waals surface area contributed by atoms with E-state index in [-0.39, 0.29) is 0 Å². The van der Waals surface area contributed by atoms with E-state index >= 15 is 0 Å². The molecule has 0 bridgehead atoms. The van der Waals surface area contributed by atoms with E-state index in [1.54, 1.807) is 18.6 Å². The minimum absolute atomic E-state index is 0.382. The Balaban J connectivity index is 1.65. The number of hydrogen-bond acceptors (Lipinski definition) is 4. The van der Waals surface area contributed by atoms with Crippen molar-refractivity contribution in [2.75, 3.05) is 13.1 Å². The highest BCUT2D eigenvalue weighted by atomic mass is 16.4. The first-order valence-corrected chi connectivity index (χ1v) is 8.63. The van der Waals surface area contributed by atoms with Gasteiger partial charge in [-0.25, -0.2) is 9.78 Å². The van der Waals surface area contributed by atoms with E-state index in [9.17, 15) is 4.79 Å². The first-order chi connectivity index (χ1) is 13.0. The maximum absolute atomic E-state index is 11.1. The molecule has 1 aliphatic rings. The van der Waals surface area contributed by atoms with Crippen LogP contribution in [-0.2, 0) is 0 Å². The van der Waals surface area contributed by atoms with E-state index in [4.69, 9.17) is 5.11 Å². The van der Waals surface area contributed by atoms with Crippen LogP contribution in [0.5, 0.6) is 0 Å². The van der Waals surface area contributed by atoms with E-state index in [2.05, 4.69) is 19.9 Å². The van der Waals surface area contributed by atoms with Gasteiger partial charge in [0.25, 0.3) is 0 Å². The number of aromatic nitrogens is 4. The lowest BCUT2D eigenvalue weighted by atomic mass is 10.0. The number of rotatable bonds is 3. The monoisotopic (exact) mass is 361 g/mol. The molecule has 3 aromatic heterocycles. The normalized spacial score (nSPS) is 13.7. The maximum Gasteiger partial charge on any atom is 0.407 e. The van der Waals surface area contributed by atoms with Gasteiger partial charge in [0.05, 0.1) is 5.69 Å². The molecule has 4 heterocycles. The molecular weight excluding hydrogens is 342 g/mol. The lowest BCUT2D eigenvalue weighted by Gasteiger charge is -2.12. The van der Waals surface area contributed by atoms with Crippen molar-refractivity contribution in [1.82, 2.24) is 24.8 Å². The van der Waals surface area contributed by atoms with Crippen LogP contribution in [0.1, 0.15) is 17.0 Å². The van der Waals surface area contributed by atoms with Crippen LogP contribution in [0.4, 0.5) is 4.79 Å². The van der Waals surface area contributed by atoms with Crippen LogP contribution >= 0.6 is 0 Å². The molecule has 1 aliphatic heterocycles. The van der Waals surface area contributed by atoms with Gasteiger partial charge in [-0.1, -0.05) is 6.08 Å². The molecule has 7 heteroatoms. The molecule has 136 valence electrons. The fourth-order valence-electron chi connectivity index (χ4n) is 3.09. The summed E-state index contributed by atoms with van der Waals surface area (Å²) in [5, 5.41) is 9.13. The second-order valence-electron chi connectivity index (χ2n) is 6.58. The predicted octanol–water partition coefficient (Wildman–Crippen LogP) is 3.53. The van der Waals surface area contributed by atoms with Crippen LogP contribution in [0.2, 0.25) is 0 Å². The van der Waals surface area contributed by atoms with Gasteiger partial charge in [-0.05, 0) is 48.7 Å². The minimum atomic E-state index is -0.909. The third-order valence-electron chi connectivity index (χ3n) is 4.76. The number of carboxylic acid groups (broad SMARTS) is 1. The van der Waals surface area contributed by atoms with Crippen LogP contribution < -0.4 is 0 Å². The molecule has 3 aromatic rings. The van der Waals surface area contributed by atoms with Crippen LogP contribution in [0.3, 0.4) is 0 Å². The van der Waals surface area contributed by atoms with E-state index < -0.39 is 6.09 Å². The summed E-state index contributed by atoms with van der Waals surface area (Å²) >= 11 is 0. The Labute approximate surface area is 156 Å². The summed E-state index contributed by atoms with van der Waals surface area (Å²) in [6.45, 7) is 4.74. The summed E-state index contributed by atoms with van der Waals surface area (Å²) in [5.41, 5.74) is 6.58. The van der Waals surface area contributed by atoms with Gasteiger partial charge in [0.15, 0.2) is 5.82 Å². The average molecular weight is 361 g/mol. The molecule has 0 atom stereocenters. The molecule has 0 unspecified atom stereocenters. The Hall–Kier alpha value is -3.48. The Morgan fingerprint density at radius 1 is 1.19 bits per heavy atom. The first-order valence-electron chi connectivity index (χ1n) is 8.63.